The van der Waals surface area contributed by atoms with E-state index in [4.69, 9.17) is 0 Å². The second-order valence-electron chi connectivity index (χ2n) is 3.68. The molecule has 4 heteroatoms. The SMILES string of the molecule is CC(=O)c1cc2c(cc1C=O)C(=O)CC2=O. The lowest BCUT2D eigenvalue weighted by molar-refractivity contribution is 0.0922. The van der Waals surface area contributed by atoms with Crippen LogP contribution in [0.25, 0.3) is 0 Å². The van der Waals surface area contributed by atoms with Crippen molar-refractivity contribution in [3.63, 3.8) is 0 Å². The number of ketones is 3. The number of hydrogen-bond donors (Lipinski definition) is 0. The van der Waals surface area contributed by atoms with Crippen molar-refractivity contribution in [2.45, 2.75) is 13.3 Å². The van der Waals surface area contributed by atoms with E-state index < -0.39 is 0 Å². The molecule has 4 nitrogen and oxygen atoms in total. The third-order valence-electron chi connectivity index (χ3n) is 2.62. The van der Waals surface area contributed by atoms with Crippen LogP contribution in [0.5, 0.6) is 0 Å². The molecule has 80 valence electrons. The van der Waals surface area contributed by atoms with Gasteiger partial charge in [-0.1, -0.05) is 0 Å². The normalized spacial score (nSPS) is 13.8. The summed E-state index contributed by atoms with van der Waals surface area (Å²) in [5, 5.41) is 0. The van der Waals surface area contributed by atoms with Crippen LogP contribution < -0.4 is 0 Å². The first-order valence-electron chi connectivity index (χ1n) is 4.75. The average molecular weight is 216 g/mol. The van der Waals surface area contributed by atoms with Crippen LogP contribution in [-0.2, 0) is 0 Å². The van der Waals surface area contributed by atoms with Crippen molar-refractivity contribution in [1.82, 2.24) is 0 Å². The molecule has 1 aromatic rings. The van der Waals surface area contributed by atoms with Gasteiger partial charge in [0.2, 0.25) is 0 Å². The number of hydrogen-bond acceptors (Lipinski definition) is 4. The van der Waals surface area contributed by atoms with Gasteiger partial charge in [-0.25, -0.2) is 0 Å². The zero-order valence-electron chi connectivity index (χ0n) is 8.57. The minimum atomic E-state index is -0.294. The Morgan fingerprint density at radius 1 is 1.19 bits per heavy atom. The van der Waals surface area contributed by atoms with Gasteiger partial charge in [0.15, 0.2) is 23.6 Å². The summed E-state index contributed by atoms with van der Waals surface area (Å²) in [5.74, 6) is -0.879. The van der Waals surface area contributed by atoms with Crippen molar-refractivity contribution in [2.75, 3.05) is 0 Å². The molecule has 0 fully saturated rings. The molecule has 1 aliphatic carbocycles. The van der Waals surface area contributed by atoms with Crippen molar-refractivity contribution in [3.05, 3.63) is 34.4 Å². The Morgan fingerprint density at radius 3 is 2.25 bits per heavy atom. The molecule has 0 spiro atoms. The molecule has 0 atom stereocenters. The lowest BCUT2D eigenvalue weighted by Crippen LogP contribution is -2.03. The molecule has 0 aromatic heterocycles. The van der Waals surface area contributed by atoms with Crippen molar-refractivity contribution < 1.29 is 19.2 Å². The van der Waals surface area contributed by atoms with Crippen LogP contribution in [0.2, 0.25) is 0 Å². The number of rotatable bonds is 2. The van der Waals surface area contributed by atoms with E-state index in [2.05, 4.69) is 0 Å². The third-order valence-corrected chi connectivity index (χ3v) is 2.62. The highest BCUT2D eigenvalue weighted by atomic mass is 16.2. The van der Waals surface area contributed by atoms with Crippen molar-refractivity contribution in [3.8, 4) is 0 Å². The quantitative estimate of drug-likeness (QED) is 0.426. The van der Waals surface area contributed by atoms with Crippen LogP contribution in [0, 0.1) is 0 Å². The maximum Gasteiger partial charge on any atom is 0.171 e. The van der Waals surface area contributed by atoms with E-state index in [1.165, 1.54) is 19.1 Å². The van der Waals surface area contributed by atoms with Gasteiger partial charge in [-0.2, -0.15) is 0 Å². The highest BCUT2D eigenvalue weighted by Crippen LogP contribution is 2.25. The Hall–Kier alpha value is -2.10. The molecule has 0 saturated carbocycles. The Bertz CT molecular complexity index is 539. The second kappa shape index (κ2) is 3.48. The number of carbonyl (C=O) groups excluding carboxylic acids is 4. The van der Waals surface area contributed by atoms with Gasteiger partial charge in [0.25, 0.3) is 0 Å². The molecule has 0 amide bonds. The molecule has 1 aliphatic rings. The van der Waals surface area contributed by atoms with E-state index in [9.17, 15) is 19.2 Å². The largest absolute Gasteiger partial charge is 0.298 e. The Morgan fingerprint density at radius 2 is 1.75 bits per heavy atom. The third kappa shape index (κ3) is 1.39. The standard InChI is InChI=1S/C12H8O4/c1-6(14)8-3-10-9(2-7(8)5-13)11(15)4-12(10)16/h2-3,5H,4H2,1H3. The van der Waals surface area contributed by atoms with Gasteiger partial charge < -0.3 is 0 Å². The van der Waals surface area contributed by atoms with Gasteiger partial charge in [0.05, 0.1) is 6.42 Å². The summed E-state index contributed by atoms with van der Waals surface area (Å²) < 4.78 is 0. The molecule has 2 rings (SSSR count). The maximum atomic E-state index is 11.4. The van der Waals surface area contributed by atoms with Gasteiger partial charge in [-0.3, -0.25) is 19.2 Å². The van der Waals surface area contributed by atoms with Gasteiger partial charge >= 0.3 is 0 Å². The topological polar surface area (TPSA) is 68.3 Å². The minimum Gasteiger partial charge on any atom is -0.298 e. The van der Waals surface area contributed by atoms with Crippen molar-refractivity contribution in [1.29, 1.82) is 0 Å². The van der Waals surface area contributed by atoms with Crippen LogP contribution in [0.15, 0.2) is 12.1 Å². The Labute approximate surface area is 91.3 Å². The summed E-state index contributed by atoms with van der Waals surface area (Å²) in [7, 11) is 0. The number of Topliss-reactive ketones (excluding diaryl/α,β-unsaturated/α-hetero) is 3. The highest BCUT2D eigenvalue weighted by Gasteiger charge is 2.29. The fourth-order valence-electron chi connectivity index (χ4n) is 1.82. The molecule has 0 unspecified atom stereocenters. The lowest BCUT2D eigenvalue weighted by Gasteiger charge is -2.03. The first-order chi connectivity index (χ1) is 7.54. The predicted molar refractivity (Wildman–Crippen MR) is 55.1 cm³/mol. The van der Waals surface area contributed by atoms with E-state index in [1.807, 2.05) is 0 Å². The van der Waals surface area contributed by atoms with Gasteiger partial charge in [0.1, 0.15) is 0 Å². The molecule has 0 saturated heterocycles. The number of carbonyl (C=O) groups is 4. The number of fused-ring (bicyclic) bond motifs is 1. The average Bonchev–Trinajstić information content (AvgIpc) is 2.52. The molecule has 16 heavy (non-hydrogen) atoms. The van der Waals surface area contributed by atoms with Crippen molar-refractivity contribution in [2.24, 2.45) is 0 Å². The van der Waals surface area contributed by atoms with E-state index in [-0.39, 0.29) is 46.0 Å². The van der Waals surface area contributed by atoms with Crippen LogP contribution in [0.3, 0.4) is 0 Å². The van der Waals surface area contributed by atoms with Crippen LogP contribution in [-0.4, -0.2) is 23.6 Å². The van der Waals surface area contributed by atoms with Crippen LogP contribution in [0.4, 0.5) is 0 Å². The fraction of sp³-hybridized carbons (Fsp3) is 0.167. The first-order valence-corrected chi connectivity index (χ1v) is 4.75. The zero-order valence-corrected chi connectivity index (χ0v) is 8.57. The maximum absolute atomic E-state index is 11.4. The van der Waals surface area contributed by atoms with Gasteiger partial charge in [-0.15, -0.1) is 0 Å². The first kappa shape index (κ1) is 10.4. The number of benzene rings is 1. The monoisotopic (exact) mass is 216 g/mol. The molecular weight excluding hydrogens is 208 g/mol. The van der Waals surface area contributed by atoms with Gasteiger partial charge in [-0.05, 0) is 19.1 Å². The van der Waals surface area contributed by atoms with E-state index in [1.54, 1.807) is 0 Å². The molecule has 0 aliphatic heterocycles. The molecule has 0 N–H and O–H groups in total. The Balaban J connectivity index is 2.74. The van der Waals surface area contributed by atoms with Crippen LogP contribution >= 0.6 is 0 Å². The smallest absolute Gasteiger partial charge is 0.171 e. The molecule has 0 heterocycles. The highest BCUT2D eigenvalue weighted by molar-refractivity contribution is 6.25. The number of aldehydes is 1. The molecule has 0 bridgehead atoms. The Kier molecular flexibility index (Phi) is 2.27. The van der Waals surface area contributed by atoms with Gasteiger partial charge in [0, 0.05) is 22.3 Å². The van der Waals surface area contributed by atoms with E-state index in [0.717, 1.165) is 0 Å². The summed E-state index contributed by atoms with van der Waals surface area (Å²) in [6.45, 7) is 1.32. The second-order valence-corrected chi connectivity index (χ2v) is 3.68. The summed E-state index contributed by atoms with van der Waals surface area (Å²) in [4.78, 5) is 44.9. The fourth-order valence-corrected chi connectivity index (χ4v) is 1.82. The van der Waals surface area contributed by atoms with E-state index >= 15 is 0 Å². The summed E-state index contributed by atoms with van der Waals surface area (Å²) in [6.07, 6.45) is 0.349. The van der Waals surface area contributed by atoms with Crippen LogP contribution in [0.1, 0.15) is 54.8 Å². The summed E-state index contributed by atoms with van der Waals surface area (Å²) >= 11 is 0. The zero-order chi connectivity index (χ0) is 11.9. The predicted octanol–water partition coefficient (Wildman–Crippen LogP) is 1.47. The summed E-state index contributed by atoms with van der Waals surface area (Å²) in [5.41, 5.74) is 0.851. The van der Waals surface area contributed by atoms with Crippen molar-refractivity contribution >= 4 is 23.6 Å². The molecular formula is C12H8O4. The minimum absolute atomic E-state index is 0.161. The lowest BCUT2D eigenvalue weighted by atomic mass is 9.98. The molecule has 1 aromatic carbocycles. The molecule has 0 radical (unpaired) electrons. The van der Waals surface area contributed by atoms with E-state index in [0.29, 0.717) is 6.29 Å². The summed E-state index contributed by atoms with van der Waals surface area (Å²) in [6, 6.07) is 2.67.